The molecule has 0 bridgehead atoms. The molecule has 0 radical (unpaired) electrons. The van der Waals surface area contributed by atoms with Crippen LogP contribution in [-0.4, -0.2) is 36.9 Å². The number of hydrogen-bond acceptors (Lipinski definition) is 3. The van der Waals surface area contributed by atoms with Gasteiger partial charge in [-0.25, -0.2) is 0 Å². The molecule has 0 aliphatic carbocycles. The summed E-state index contributed by atoms with van der Waals surface area (Å²) < 4.78 is 0. The van der Waals surface area contributed by atoms with Gasteiger partial charge in [0.15, 0.2) is 0 Å². The normalized spacial score (nSPS) is 14.6. The Balaban J connectivity index is 1.82. The summed E-state index contributed by atoms with van der Waals surface area (Å²) in [5.41, 5.74) is 5.65. The molecule has 3 heteroatoms. The van der Waals surface area contributed by atoms with E-state index < -0.39 is 0 Å². The van der Waals surface area contributed by atoms with E-state index in [2.05, 4.69) is 29.0 Å². The summed E-state index contributed by atoms with van der Waals surface area (Å²) in [5.74, 6) is 1.31. The summed E-state index contributed by atoms with van der Waals surface area (Å²) in [6, 6.07) is 0. The van der Waals surface area contributed by atoms with Gasteiger partial charge >= 0.3 is 0 Å². The van der Waals surface area contributed by atoms with Crippen LogP contribution in [0.15, 0.2) is 17.1 Å². The third kappa shape index (κ3) is 12.2. The zero-order valence-electron chi connectivity index (χ0n) is 16.9. The largest absolute Gasteiger partial charge is 0.357 e. The molecule has 3 nitrogen and oxygen atoms in total. The second-order valence-corrected chi connectivity index (χ2v) is 7.41. The maximum Gasteiger partial charge on any atom is 0.0990 e. The molecule has 1 aliphatic rings. The van der Waals surface area contributed by atoms with Gasteiger partial charge < -0.3 is 10.6 Å². The molecule has 0 aromatic rings. The summed E-state index contributed by atoms with van der Waals surface area (Å²) in [5, 5.41) is 0. The Labute approximate surface area is 157 Å². The van der Waals surface area contributed by atoms with E-state index in [-0.39, 0.29) is 0 Å². The fraction of sp³-hybridized carbons (Fsp3) is 0.864. The minimum atomic E-state index is 0.740. The van der Waals surface area contributed by atoms with Gasteiger partial charge in [-0.05, 0) is 32.1 Å². The minimum absolute atomic E-state index is 0.740. The van der Waals surface area contributed by atoms with Crippen LogP contribution in [0.25, 0.3) is 0 Å². The Bertz CT molecular complexity index is 349. The zero-order chi connectivity index (χ0) is 18.0. The Kier molecular flexibility index (Phi) is 14.8. The van der Waals surface area contributed by atoms with Gasteiger partial charge in [-0.15, -0.1) is 0 Å². The molecule has 1 heterocycles. The molecule has 1 rings (SSSR count). The van der Waals surface area contributed by atoms with E-state index in [1.807, 2.05) is 0 Å². The lowest BCUT2D eigenvalue weighted by atomic mass is 10.1. The molecule has 0 spiro atoms. The van der Waals surface area contributed by atoms with E-state index in [1.165, 1.54) is 89.3 Å². The van der Waals surface area contributed by atoms with Gasteiger partial charge in [0.2, 0.25) is 0 Å². The van der Waals surface area contributed by atoms with Gasteiger partial charge in [-0.2, -0.15) is 0 Å². The molecule has 146 valence electrons. The van der Waals surface area contributed by atoms with Crippen molar-refractivity contribution in [2.45, 2.75) is 96.8 Å². The number of nitrogens with zero attached hydrogens (tertiary/aromatic N) is 2. The Morgan fingerprint density at radius 2 is 1.48 bits per heavy atom. The van der Waals surface area contributed by atoms with E-state index in [4.69, 9.17) is 5.73 Å². The molecule has 0 fully saturated rings. The predicted molar refractivity (Wildman–Crippen MR) is 112 cm³/mol. The van der Waals surface area contributed by atoms with Crippen molar-refractivity contribution in [1.82, 2.24) is 4.90 Å². The van der Waals surface area contributed by atoms with Crippen LogP contribution >= 0.6 is 0 Å². The predicted octanol–water partition coefficient (Wildman–Crippen LogP) is 5.70. The molecule has 2 N–H and O–H groups in total. The van der Waals surface area contributed by atoms with Crippen molar-refractivity contribution in [3.8, 4) is 0 Å². The van der Waals surface area contributed by atoms with Crippen LogP contribution in [0.3, 0.4) is 0 Å². The molecule has 0 aromatic carbocycles. The fourth-order valence-electron chi connectivity index (χ4n) is 3.52. The van der Waals surface area contributed by atoms with Crippen LogP contribution in [0.2, 0.25) is 0 Å². The average Bonchev–Trinajstić information content (AvgIpc) is 3.06. The summed E-state index contributed by atoms with van der Waals surface area (Å²) in [6.07, 6.45) is 23.7. The molecule has 0 aromatic heterocycles. The van der Waals surface area contributed by atoms with E-state index in [1.54, 1.807) is 0 Å². The van der Waals surface area contributed by atoms with Gasteiger partial charge in [0.05, 0.1) is 12.4 Å². The van der Waals surface area contributed by atoms with Crippen LogP contribution in [0, 0.1) is 0 Å². The number of amidine groups is 1. The first-order chi connectivity index (χ1) is 12.4. The van der Waals surface area contributed by atoms with Crippen molar-refractivity contribution in [3.05, 3.63) is 12.2 Å². The second kappa shape index (κ2) is 16.6. The van der Waals surface area contributed by atoms with E-state index in [0.717, 1.165) is 32.6 Å². The summed E-state index contributed by atoms with van der Waals surface area (Å²) >= 11 is 0. The monoisotopic (exact) mass is 349 g/mol. The third-order valence-corrected chi connectivity index (χ3v) is 5.09. The smallest absolute Gasteiger partial charge is 0.0990 e. The summed E-state index contributed by atoms with van der Waals surface area (Å²) in [4.78, 5) is 6.98. The summed E-state index contributed by atoms with van der Waals surface area (Å²) in [7, 11) is 0. The molecular formula is C22H43N3. The number of hydrogen-bond donors (Lipinski definition) is 1. The molecule has 25 heavy (non-hydrogen) atoms. The lowest BCUT2D eigenvalue weighted by Crippen LogP contribution is -2.32. The van der Waals surface area contributed by atoms with E-state index in [0.29, 0.717) is 0 Å². The van der Waals surface area contributed by atoms with Crippen LogP contribution in [0.1, 0.15) is 96.8 Å². The third-order valence-electron chi connectivity index (χ3n) is 5.09. The van der Waals surface area contributed by atoms with Crippen LogP contribution in [0.4, 0.5) is 0 Å². The first kappa shape index (κ1) is 22.2. The van der Waals surface area contributed by atoms with Gasteiger partial charge in [-0.3, -0.25) is 4.99 Å². The fourth-order valence-corrected chi connectivity index (χ4v) is 3.52. The van der Waals surface area contributed by atoms with Crippen molar-refractivity contribution >= 4 is 5.84 Å². The van der Waals surface area contributed by atoms with Gasteiger partial charge in [0.25, 0.3) is 0 Å². The number of nitrogens with two attached hydrogens (primary N) is 1. The number of aliphatic imine (C=N–C) groups is 1. The van der Waals surface area contributed by atoms with Crippen LogP contribution in [-0.2, 0) is 0 Å². The molecular weight excluding hydrogens is 306 g/mol. The van der Waals surface area contributed by atoms with Crippen LogP contribution in [0.5, 0.6) is 0 Å². The summed E-state index contributed by atoms with van der Waals surface area (Å²) in [6.45, 7) is 6.05. The van der Waals surface area contributed by atoms with Crippen molar-refractivity contribution in [1.29, 1.82) is 0 Å². The Morgan fingerprint density at radius 1 is 0.880 bits per heavy atom. The van der Waals surface area contributed by atoms with Crippen LogP contribution < -0.4 is 5.73 Å². The van der Waals surface area contributed by atoms with Crippen molar-refractivity contribution in [2.75, 3.05) is 26.2 Å². The number of rotatable bonds is 17. The lowest BCUT2D eigenvalue weighted by Gasteiger charge is -2.19. The van der Waals surface area contributed by atoms with E-state index >= 15 is 0 Å². The molecule has 0 unspecified atom stereocenters. The average molecular weight is 350 g/mol. The highest BCUT2D eigenvalue weighted by Crippen LogP contribution is 2.12. The van der Waals surface area contributed by atoms with E-state index in [9.17, 15) is 0 Å². The molecule has 1 aliphatic heterocycles. The highest BCUT2D eigenvalue weighted by Gasteiger charge is 2.14. The highest BCUT2D eigenvalue weighted by atomic mass is 15.2. The molecule has 0 saturated heterocycles. The highest BCUT2D eigenvalue weighted by molar-refractivity contribution is 5.83. The Morgan fingerprint density at radius 3 is 2.12 bits per heavy atom. The van der Waals surface area contributed by atoms with Crippen molar-refractivity contribution < 1.29 is 0 Å². The Hall–Kier alpha value is -0.830. The minimum Gasteiger partial charge on any atom is -0.357 e. The molecule has 0 saturated carbocycles. The maximum absolute atomic E-state index is 5.65. The quantitative estimate of drug-likeness (QED) is 0.270. The van der Waals surface area contributed by atoms with Gasteiger partial charge in [-0.1, -0.05) is 70.4 Å². The molecule has 0 amide bonds. The second-order valence-electron chi connectivity index (χ2n) is 7.41. The topological polar surface area (TPSA) is 41.6 Å². The number of allylic oxidation sites excluding steroid dienone is 2. The molecule has 0 atom stereocenters. The van der Waals surface area contributed by atoms with Gasteiger partial charge in [0, 0.05) is 26.1 Å². The lowest BCUT2D eigenvalue weighted by molar-refractivity contribution is 0.456. The maximum atomic E-state index is 5.65. The first-order valence-electron chi connectivity index (χ1n) is 11.0. The zero-order valence-corrected chi connectivity index (χ0v) is 16.9. The van der Waals surface area contributed by atoms with Crippen molar-refractivity contribution in [3.63, 3.8) is 0 Å². The van der Waals surface area contributed by atoms with Gasteiger partial charge in [0.1, 0.15) is 0 Å². The standard InChI is InChI=1S/C22H43N3/c1-2-3-4-5-6-7-8-9-10-11-12-13-14-15-16-17-22-24-19-21-25(22)20-18-23/h10-11H,2-9,12-21,23H2,1H3/b11-10-. The number of unbranched alkanes of at least 4 members (excludes halogenated alkanes) is 11. The van der Waals surface area contributed by atoms with Crippen molar-refractivity contribution in [2.24, 2.45) is 10.7 Å². The SMILES string of the molecule is CCCCCCCCC/C=C\CCCCCCC1=NCCN1CCN. The first-order valence-corrected chi connectivity index (χ1v) is 11.0.